The second-order valence-corrected chi connectivity index (χ2v) is 7.54. The lowest BCUT2D eigenvalue weighted by atomic mass is 10.0. The van der Waals surface area contributed by atoms with Crippen molar-refractivity contribution in [2.45, 2.75) is 32.2 Å². The van der Waals surface area contributed by atoms with Gasteiger partial charge in [0.05, 0.1) is 5.75 Å². The molecule has 5 heteroatoms. The minimum atomic E-state index is -2.86. The fourth-order valence-electron chi connectivity index (χ4n) is 1.97. The summed E-state index contributed by atoms with van der Waals surface area (Å²) in [7, 11) is -0.960. The van der Waals surface area contributed by atoms with Crippen LogP contribution in [0.25, 0.3) is 0 Å². The summed E-state index contributed by atoms with van der Waals surface area (Å²) in [5.41, 5.74) is 1.10. The summed E-state index contributed by atoms with van der Waals surface area (Å²) in [6, 6.07) is 8.02. The average molecular weight is 304 g/mol. The summed E-state index contributed by atoms with van der Waals surface area (Å²) in [6.45, 7) is 1.69. The van der Waals surface area contributed by atoms with Gasteiger partial charge in [0.15, 0.2) is 0 Å². The van der Waals surface area contributed by atoms with Gasteiger partial charge in [0.1, 0.15) is 9.84 Å². The molecule has 0 saturated carbocycles. The molecule has 0 aliphatic carbocycles. The fourth-order valence-corrected chi connectivity index (χ4v) is 3.08. The molecule has 0 saturated heterocycles. The Bertz CT molecular complexity index is 488. The number of likely N-dealkylation sites (N-methyl/N-ethyl adjacent to an activating group) is 1. The number of hydrogen-bond acceptors (Lipinski definition) is 3. The summed E-state index contributed by atoms with van der Waals surface area (Å²) in [5, 5.41) is 4.00. The van der Waals surface area contributed by atoms with E-state index in [-0.39, 0.29) is 17.5 Å². The summed E-state index contributed by atoms with van der Waals surface area (Å²) in [6.07, 6.45) is 2.34. The molecular formula is C14H22ClNO2S. The van der Waals surface area contributed by atoms with E-state index < -0.39 is 9.84 Å². The molecule has 0 radical (unpaired) electrons. The van der Waals surface area contributed by atoms with Crippen LogP contribution in [0.15, 0.2) is 24.3 Å². The molecule has 1 aromatic rings. The molecule has 0 aliphatic rings. The summed E-state index contributed by atoms with van der Waals surface area (Å²) in [5.74, 6) is 0.492. The van der Waals surface area contributed by atoms with Crippen molar-refractivity contribution < 1.29 is 8.42 Å². The van der Waals surface area contributed by atoms with E-state index in [9.17, 15) is 8.42 Å². The smallest absolute Gasteiger partial charge is 0.150 e. The van der Waals surface area contributed by atoms with Crippen molar-refractivity contribution in [3.05, 3.63) is 34.9 Å². The maximum Gasteiger partial charge on any atom is 0.150 e. The van der Waals surface area contributed by atoms with E-state index in [2.05, 4.69) is 5.32 Å². The van der Waals surface area contributed by atoms with Gasteiger partial charge in [0.2, 0.25) is 0 Å². The Labute approximate surface area is 121 Å². The molecule has 1 rings (SSSR count). The molecule has 0 heterocycles. The molecule has 108 valence electrons. The van der Waals surface area contributed by atoms with Crippen LogP contribution in [0.4, 0.5) is 0 Å². The first-order chi connectivity index (χ1) is 8.98. The highest BCUT2D eigenvalue weighted by atomic mass is 35.5. The highest BCUT2D eigenvalue weighted by molar-refractivity contribution is 7.91. The molecule has 0 spiro atoms. The Morgan fingerprint density at radius 2 is 2.00 bits per heavy atom. The molecule has 1 unspecified atom stereocenters. The van der Waals surface area contributed by atoms with Crippen LogP contribution in [0, 0.1) is 0 Å². The number of hydrogen-bond donors (Lipinski definition) is 1. The van der Waals surface area contributed by atoms with Crippen molar-refractivity contribution >= 4 is 21.4 Å². The zero-order chi connectivity index (χ0) is 14.3. The molecule has 3 nitrogen and oxygen atoms in total. The highest BCUT2D eigenvalue weighted by Crippen LogP contribution is 2.18. The standard InChI is InChI=1S/C14H22ClNO2S/c1-3-19(17,18)10-6-8-13(16-2)11-12-7-4-5-9-14(12)15/h4-5,7,9,13,16H,3,6,8,10-11H2,1-2H3. The normalized spacial score (nSPS) is 13.4. The Morgan fingerprint density at radius 3 is 2.58 bits per heavy atom. The van der Waals surface area contributed by atoms with E-state index in [4.69, 9.17) is 11.6 Å². The van der Waals surface area contributed by atoms with Gasteiger partial charge in [-0.1, -0.05) is 36.7 Å². The van der Waals surface area contributed by atoms with Gasteiger partial charge in [-0.15, -0.1) is 0 Å². The van der Waals surface area contributed by atoms with Crippen LogP contribution < -0.4 is 5.32 Å². The third-order valence-electron chi connectivity index (χ3n) is 3.28. The second kappa shape index (κ2) is 7.88. The third kappa shape index (κ3) is 5.93. The van der Waals surface area contributed by atoms with E-state index in [0.29, 0.717) is 6.42 Å². The van der Waals surface area contributed by atoms with Gasteiger partial charge in [-0.3, -0.25) is 0 Å². The van der Waals surface area contributed by atoms with Crippen LogP contribution in [0.2, 0.25) is 5.02 Å². The number of benzene rings is 1. The van der Waals surface area contributed by atoms with Gasteiger partial charge in [-0.05, 0) is 37.9 Å². The maximum atomic E-state index is 11.4. The molecule has 0 amide bonds. The molecule has 0 aliphatic heterocycles. The zero-order valence-corrected chi connectivity index (χ0v) is 13.1. The molecule has 1 N–H and O–H groups in total. The first-order valence-corrected chi connectivity index (χ1v) is 8.79. The van der Waals surface area contributed by atoms with Gasteiger partial charge < -0.3 is 5.32 Å². The lowest BCUT2D eigenvalue weighted by Gasteiger charge is -2.16. The number of nitrogens with one attached hydrogen (secondary N) is 1. The summed E-state index contributed by atoms with van der Waals surface area (Å²) in [4.78, 5) is 0. The van der Waals surface area contributed by atoms with Crippen molar-refractivity contribution in [2.24, 2.45) is 0 Å². The van der Waals surface area contributed by atoms with Crippen molar-refractivity contribution in [2.75, 3.05) is 18.6 Å². The first-order valence-electron chi connectivity index (χ1n) is 6.59. The van der Waals surface area contributed by atoms with Crippen LogP contribution in [0.1, 0.15) is 25.3 Å². The minimum absolute atomic E-state index is 0.224. The zero-order valence-electron chi connectivity index (χ0n) is 11.5. The minimum Gasteiger partial charge on any atom is -0.317 e. The van der Waals surface area contributed by atoms with Crippen LogP contribution in [-0.2, 0) is 16.3 Å². The average Bonchev–Trinajstić information content (AvgIpc) is 2.39. The number of sulfone groups is 1. The molecule has 0 aromatic heterocycles. The largest absolute Gasteiger partial charge is 0.317 e. The van der Waals surface area contributed by atoms with E-state index in [0.717, 1.165) is 23.4 Å². The predicted octanol–water partition coefficient (Wildman–Crippen LogP) is 2.69. The maximum absolute atomic E-state index is 11.4. The number of halogens is 1. The van der Waals surface area contributed by atoms with Gasteiger partial charge >= 0.3 is 0 Å². The molecular weight excluding hydrogens is 282 g/mol. The molecule has 0 fully saturated rings. The van der Waals surface area contributed by atoms with Gasteiger partial charge in [0, 0.05) is 16.8 Å². The highest BCUT2D eigenvalue weighted by Gasteiger charge is 2.12. The van der Waals surface area contributed by atoms with Crippen LogP contribution in [-0.4, -0.2) is 33.0 Å². The van der Waals surface area contributed by atoms with Crippen LogP contribution in [0.3, 0.4) is 0 Å². The molecule has 1 aromatic carbocycles. The molecule has 0 bridgehead atoms. The number of rotatable bonds is 8. The van der Waals surface area contributed by atoms with Crippen molar-refractivity contribution in [3.63, 3.8) is 0 Å². The van der Waals surface area contributed by atoms with Gasteiger partial charge in [-0.2, -0.15) is 0 Å². The lowest BCUT2D eigenvalue weighted by molar-refractivity contribution is 0.511. The van der Waals surface area contributed by atoms with E-state index >= 15 is 0 Å². The Kier molecular flexibility index (Phi) is 6.83. The Balaban J connectivity index is 2.49. The Morgan fingerprint density at radius 1 is 1.32 bits per heavy atom. The summed E-state index contributed by atoms with van der Waals surface area (Å²) >= 11 is 6.13. The van der Waals surface area contributed by atoms with Crippen molar-refractivity contribution in [1.82, 2.24) is 5.32 Å². The predicted molar refractivity (Wildman–Crippen MR) is 81.6 cm³/mol. The van der Waals surface area contributed by atoms with Crippen molar-refractivity contribution in [1.29, 1.82) is 0 Å². The summed E-state index contributed by atoms with van der Waals surface area (Å²) < 4.78 is 22.9. The van der Waals surface area contributed by atoms with Crippen LogP contribution in [0.5, 0.6) is 0 Å². The Hall–Kier alpha value is -0.580. The van der Waals surface area contributed by atoms with Crippen molar-refractivity contribution in [3.8, 4) is 0 Å². The van der Waals surface area contributed by atoms with E-state index in [1.54, 1.807) is 6.92 Å². The van der Waals surface area contributed by atoms with E-state index in [1.807, 2.05) is 31.3 Å². The molecule has 1 atom stereocenters. The topological polar surface area (TPSA) is 46.2 Å². The molecule has 19 heavy (non-hydrogen) atoms. The quantitative estimate of drug-likeness (QED) is 0.803. The SMILES string of the molecule is CCS(=O)(=O)CCCC(Cc1ccccc1Cl)NC. The third-order valence-corrected chi connectivity index (χ3v) is 5.44. The second-order valence-electron chi connectivity index (χ2n) is 4.66. The monoisotopic (exact) mass is 303 g/mol. The lowest BCUT2D eigenvalue weighted by Crippen LogP contribution is -2.28. The van der Waals surface area contributed by atoms with Gasteiger partial charge in [-0.25, -0.2) is 8.42 Å². The first kappa shape index (κ1) is 16.5. The van der Waals surface area contributed by atoms with Gasteiger partial charge in [0.25, 0.3) is 0 Å². The van der Waals surface area contributed by atoms with E-state index in [1.165, 1.54) is 0 Å². The van der Waals surface area contributed by atoms with Crippen LogP contribution >= 0.6 is 11.6 Å². The fraction of sp³-hybridized carbons (Fsp3) is 0.571.